The van der Waals surface area contributed by atoms with Gasteiger partial charge in [0.1, 0.15) is 18.2 Å². The third kappa shape index (κ3) is 3.05. The summed E-state index contributed by atoms with van der Waals surface area (Å²) < 4.78 is 42.5. The largest absolute Gasteiger partial charge is 0.456 e. The topological polar surface area (TPSA) is 40.8 Å². The molecule has 3 nitrogen and oxygen atoms in total. The van der Waals surface area contributed by atoms with Gasteiger partial charge in [0.15, 0.2) is 5.69 Å². The predicted octanol–water partition coefficient (Wildman–Crippen LogP) is 5.76. The molecule has 2 aromatic heterocycles. The average Bonchev–Trinajstić information content (AvgIpc) is 3.08. The van der Waals surface area contributed by atoms with E-state index in [1.54, 1.807) is 44.5 Å². The maximum absolute atomic E-state index is 9.19. The van der Waals surface area contributed by atoms with Gasteiger partial charge in [-0.15, -0.1) is 0 Å². The van der Waals surface area contributed by atoms with Crippen molar-refractivity contribution < 1.29 is 14.5 Å². The number of aryl methyl sites for hydroxylation is 1. The average molecular weight is 374 g/mol. The summed E-state index contributed by atoms with van der Waals surface area (Å²) >= 11 is 0. The van der Waals surface area contributed by atoms with E-state index in [0.717, 1.165) is 21.9 Å². The Morgan fingerprint density at radius 1 is 1.14 bits per heavy atom. The van der Waals surface area contributed by atoms with E-state index in [1.807, 2.05) is 25.1 Å². The maximum atomic E-state index is 9.19. The molecule has 0 amide bonds. The molecule has 0 aliphatic heterocycles. The van der Waals surface area contributed by atoms with Gasteiger partial charge < -0.3 is 4.42 Å². The molecule has 2 heterocycles. The van der Waals surface area contributed by atoms with E-state index in [4.69, 9.17) is 9.90 Å². The first kappa shape index (κ1) is 14.0. The number of furan rings is 1. The zero-order chi connectivity index (χ0) is 23.5. The third-order valence-electron chi connectivity index (χ3n) is 5.02. The Hall–Kier alpha value is -3.12. The quantitative estimate of drug-likeness (QED) is 0.428. The maximum Gasteiger partial charge on any atom is 0.213 e. The zero-order valence-electron chi connectivity index (χ0n) is 20.8. The fourth-order valence-electron chi connectivity index (χ4n) is 3.53. The van der Waals surface area contributed by atoms with Gasteiger partial charge in [-0.2, -0.15) is 9.83 Å². The molecule has 0 unspecified atom stereocenters. The highest BCUT2D eigenvalue weighted by Gasteiger charge is 2.19. The molecule has 0 aliphatic rings. The van der Waals surface area contributed by atoms with Crippen molar-refractivity contribution in [3.8, 4) is 17.3 Å². The van der Waals surface area contributed by atoms with Gasteiger partial charge in [0, 0.05) is 32.5 Å². The highest BCUT2D eigenvalue weighted by atomic mass is 16.3. The van der Waals surface area contributed by atoms with Crippen molar-refractivity contribution in [2.45, 2.75) is 34.1 Å². The molecular formula is C25H25N2O+. The number of benzene rings is 2. The van der Waals surface area contributed by atoms with Gasteiger partial charge in [0.25, 0.3) is 0 Å². The van der Waals surface area contributed by atoms with Crippen molar-refractivity contribution in [2.24, 2.45) is 13.0 Å². The number of nitriles is 1. The van der Waals surface area contributed by atoms with Crippen LogP contribution in [0.2, 0.25) is 0 Å². The molecule has 140 valence electrons. The minimum absolute atomic E-state index is 0.0205. The minimum atomic E-state index is -1.81. The molecule has 0 fully saturated rings. The molecule has 0 N–H and O–H groups in total. The van der Waals surface area contributed by atoms with Crippen LogP contribution in [0.15, 0.2) is 46.8 Å². The van der Waals surface area contributed by atoms with E-state index in [-0.39, 0.29) is 23.6 Å². The van der Waals surface area contributed by atoms with E-state index in [9.17, 15) is 5.26 Å². The van der Waals surface area contributed by atoms with Gasteiger partial charge in [0.05, 0.1) is 19.9 Å². The lowest BCUT2D eigenvalue weighted by Gasteiger charge is -2.10. The monoisotopic (exact) mass is 373 g/mol. The smallest absolute Gasteiger partial charge is 0.213 e. The van der Waals surface area contributed by atoms with Crippen molar-refractivity contribution in [1.29, 1.82) is 5.26 Å². The van der Waals surface area contributed by atoms with Gasteiger partial charge in [-0.05, 0) is 60.7 Å². The molecule has 3 heteroatoms. The molecule has 0 atom stereocenters. The zero-order valence-corrected chi connectivity index (χ0v) is 16.8. The number of fused-ring (bicyclic) bond motifs is 3. The van der Waals surface area contributed by atoms with E-state index in [0.29, 0.717) is 28.1 Å². The van der Waals surface area contributed by atoms with E-state index in [2.05, 4.69) is 6.07 Å². The number of pyridine rings is 1. The van der Waals surface area contributed by atoms with Crippen LogP contribution >= 0.6 is 0 Å². The van der Waals surface area contributed by atoms with Crippen LogP contribution < -0.4 is 4.57 Å². The van der Waals surface area contributed by atoms with Crippen molar-refractivity contribution in [2.75, 3.05) is 0 Å². The van der Waals surface area contributed by atoms with Gasteiger partial charge in [-0.3, -0.25) is 0 Å². The SMILES string of the molecule is [2H]c1c(C([2H])([2H])C(C)C)c([2H])c(-c2cc3oc4cc(C#N)ccc4c3cc2C)[n+](C)c1C. The number of hydrogen-bond acceptors (Lipinski definition) is 2. The molecule has 0 radical (unpaired) electrons. The number of aromatic nitrogens is 1. The Labute approximate surface area is 171 Å². The minimum Gasteiger partial charge on any atom is -0.456 e. The molecule has 0 bridgehead atoms. The summed E-state index contributed by atoms with van der Waals surface area (Å²) in [5.41, 5.74) is 4.72. The Morgan fingerprint density at radius 3 is 2.61 bits per heavy atom. The number of rotatable bonds is 3. The number of hydrogen-bond donors (Lipinski definition) is 0. The molecule has 4 rings (SSSR count). The van der Waals surface area contributed by atoms with Crippen LogP contribution in [-0.2, 0) is 13.4 Å². The second-order valence-corrected chi connectivity index (χ2v) is 7.51. The van der Waals surface area contributed by atoms with E-state index in [1.165, 1.54) is 0 Å². The molecule has 28 heavy (non-hydrogen) atoms. The molecule has 0 aliphatic carbocycles. The van der Waals surface area contributed by atoms with Crippen LogP contribution in [0.4, 0.5) is 0 Å². The summed E-state index contributed by atoms with van der Waals surface area (Å²) in [4.78, 5) is 0. The van der Waals surface area contributed by atoms with Crippen LogP contribution in [0.3, 0.4) is 0 Å². The van der Waals surface area contributed by atoms with Crippen LogP contribution in [0.25, 0.3) is 33.2 Å². The van der Waals surface area contributed by atoms with Crippen LogP contribution in [0, 0.1) is 31.1 Å². The van der Waals surface area contributed by atoms with Crippen molar-refractivity contribution in [3.63, 3.8) is 0 Å². The van der Waals surface area contributed by atoms with Crippen molar-refractivity contribution in [1.82, 2.24) is 0 Å². The normalized spacial score (nSPS) is 14.0. The van der Waals surface area contributed by atoms with Crippen molar-refractivity contribution in [3.05, 3.63) is 64.8 Å². The molecule has 0 spiro atoms. The van der Waals surface area contributed by atoms with Crippen molar-refractivity contribution >= 4 is 21.9 Å². The fraction of sp³-hybridized carbons (Fsp3) is 0.280. The Morgan fingerprint density at radius 2 is 1.89 bits per heavy atom. The lowest BCUT2D eigenvalue weighted by Crippen LogP contribution is -2.35. The summed E-state index contributed by atoms with van der Waals surface area (Å²) in [6.07, 6.45) is -1.81. The lowest BCUT2D eigenvalue weighted by atomic mass is 9.97. The highest BCUT2D eigenvalue weighted by Crippen LogP contribution is 2.34. The Balaban J connectivity index is 2.06. The standard InChI is InChI=1S/C25H25N2O/c1-15(2)8-19-10-17(4)27(5)23(11-19)21-13-25-22(9-16(21)3)20-7-6-18(14-26)12-24(20)28-25/h6-7,9-13,15H,8H2,1-5H3/q+1/i8D2,10D,11D. The summed E-state index contributed by atoms with van der Waals surface area (Å²) in [6, 6.07) is 11.4. The van der Waals surface area contributed by atoms with Gasteiger partial charge in [-0.25, -0.2) is 0 Å². The first-order valence-electron chi connectivity index (χ1n) is 11.4. The summed E-state index contributed by atoms with van der Waals surface area (Å²) in [5, 5.41) is 11.0. The van der Waals surface area contributed by atoms with E-state index < -0.39 is 6.37 Å². The fourth-order valence-corrected chi connectivity index (χ4v) is 3.53. The summed E-state index contributed by atoms with van der Waals surface area (Å²) in [7, 11) is 1.80. The van der Waals surface area contributed by atoms with Gasteiger partial charge in [-0.1, -0.05) is 13.8 Å². The van der Waals surface area contributed by atoms with Crippen LogP contribution in [0.1, 0.15) is 41.7 Å². The van der Waals surface area contributed by atoms with E-state index >= 15 is 0 Å². The Kier molecular flexibility index (Phi) is 3.39. The van der Waals surface area contributed by atoms with Crippen LogP contribution in [-0.4, -0.2) is 0 Å². The molecule has 0 saturated carbocycles. The lowest BCUT2D eigenvalue weighted by molar-refractivity contribution is -0.666. The second-order valence-electron chi connectivity index (χ2n) is 7.51. The third-order valence-corrected chi connectivity index (χ3v) is 5.02. The highest BCUT2D eigenvalue weighted by molar-refractivity contribution is 6.06. The summed E-state index contributed by atoms with van der Waals surface area (Å²) in [5.74, 6) is -0.385. The van der Waals surface area contributed by atoms with Gasteiger partial charge in [0.2, 0.25) is 5.69 Å². The number of nitrogens with zero attached hydrogens (tertiary/aromatic N) is 2. The summed E-state index contributed by atoms with van der Waals surface area (Å²) in [6.45, 7) is 7.27. The Bertz CT molecular complexity index is 1440. The molecule has 2 aromatic carbocycles. The first-order chi connectivity index (χ1) is 15.0. The van der Waals surface area contributed by atoms with Gasteiger partial charge >= 0.3 is 0 Å². The second kappa shape index (κ2) is 6.80. The first-order valence-corrected chi connectivity index (χ1v) is 9.36. The molecule has 4 aromatic rings. The molecular weight excluding hydrogens is 344 g/mol. The van der Waals surface area contributed by atoms with Crippen LogP contribution in [0.5, 0.6) is 0 Å². The molecule has 0 saturated heterocycles. The predicted molar refractivity (Wildman–Crippen MR) is 113 cm³/mol.